The minimum Gasteiger partial charge on any atom is -0.310 e. The summed E-state index contributed by atoms with van der Waals surface area (Å²) >= 11 is 1.86. The molecule has 59 heavy (non-hydrogen) atoms. The van der Waals surface area contributed by atoms with Crippen LogP contribution in [0.4, 0.5) is 17.1 Å². The molecule has 0 radical (unpaired) electrons. The topological polar surface area (TPSA) is 8.17 Å². The third-order valence-electron chi connectivity index (χ3n) is 12.0. The van der Waals surface area contributed by atoms with Crippen LogP contribution in [0.15, 0.2) is 218 Å². The van der Waals surface area contributed by atoms with E-state index in [1.54, 1.807) is 0 Å². The molecule has 0 amide bonds. The molecule has 276 valence electrons. The fourth-order valence-electron chi connectivity index (χ4n) is 9.24. The Morgan fingerprint density at radius 1 is 0.356 bits per heavy atom. The third-order valence-corrected chi connectivity index (χ3v) is 13.1. The lowest BCUT2D eigenvalue weighted by Gasteiger charge is -2.27. The summed E-state index contributed by atoms with van der Waals surface area (Å²) in [6.07, 6.45) is 0. The summed E-state index contributed by atoms with van der Waals surface area (Å²) in [7, 11) is 0. The summed E-state index contributed by atoms with van der Waals surface area (Å²) in [5.74, 6) is 0. The van der Waals surface area contributed by atoms with Gasteiger partial charge in [0.15, 0.2) is 0 Å². The van der Waals surface area contributed by atoms with Crippen LogP contribution in [-0.2, 0) is 0 Å². The fourth-order valence-corrected chi connectivity index (χ4v) is 10.4. The van der Waals surface area contributed by atoms with Crippen LogP contribution >= 0.6 is 11.3 Å². The van der Waals surface area contributed by atoms with E-state index in [1.807, 2.05) is 11.3 Å². The normalized spacial score (nSPS) is 11.7. The number of benzene rings is 10. The molecule has 0 aliphatic rings. The van der Waals surface area contributed by atoms with Gasteiger partial charge in [-0.2, -0.15) is 0 Å². The zero-order valence-electron chi connectivity index (χ0n) is 32.1. The molecule has 12 rings (SSSR count). The van der Waals surface area contributed by atoms with Crippen LogP contribution in [0, 0.1) is 0 Å². The van der Waals surface area contributed by atoms with E-state index < -0.39 is 0 Å². The molecule has 0 N–H and O–H groups in total. The van der Waals surface area contributed by atoms with E-state index in [4.69, 9.17) is 0 Å². The van der Waals surface area contributed by atoms with Crippen molar-refractivity contribution in [2.75, 3.05) is 4.90 Å². The number of para-hydroxylation sites is 1. The highest BCUT2D eigenvalue weighted by Gasteiger charge is 2.20. The average Bonchev–Trinajstić information content (AvgIpc) is 3.86. The smallest absolute Gasteiger partial charge is 0.0619 e. The van der Waals surface area contributed by atoms with Crippen LogP contribution < -0.4 is 4.90 Å². The maximum atomic E-state index is 2.43. The Hall–Kier alpha value is -7.46. The Morgan fingerprint density at radius 2 is 0.915 bits per heavy atom. The first-order valence-electron chi connectivity index (χ1n) is 20.2. The van der Waals surface area contributed by atoms with Crippen LogP contribution in [0.2, 0.25) is 0 Å². The van der Waals surface area contributed by atoms with E-state index >= 15 is 0 Å². The predicted molar refractivity (Wildman–Crippen MR) is 254 cm³/mol. The zero-order valence-corrected chi connectivity index (χ0v) is 32.9. The highest BCUT2D eigenvalue weighted by Crippen LogP contribution is 2.46. The second-order valence-corrected chi connectivity index (χ2v) is 16.4. The summed E-state index contributed by atoms with van der Waals surface area (Å²) in [6.45, 7) is 0. The molecular weight excluding hydrogens is 733 g/mol. The number of anilines is 3. The molecule has 0 unspecified atom stereocenters. The second kappa shape index (κ2) is 13.6. The summed E-state index contributed by atoms with van der Waals surface area (Å²) in [4.78, 5) is 2.42. The van der Waals surface area contributed by atoms with Gasteiger partial charge in [0.05, 0.1) is 16.7 Å². The van der Waals surface area contributed by atoms with Crippen molar-refractivity contribution in [2.45, 2.75) is 0 Å². The number of thiophene rings is 1. The van der Waals surface area contributed by atoms with E-state index in [9.17, 15) is 0 Å². The second-order valence-electron chi connectivity index (χ2n) is 15.3. The third kappa shape index (κ3) is 5.47. The maximum Gasteiger partial charge on any atom is 0.0619 e. The summed E-state index contributed by atoms with van der Waals surface area (Å²) < 4.78 is 5.01. The van der Waals surface area contributed by atoms with Crippen LogP contribution in [0.25, 0.3) is 91.5 Å². The molecule has 0 fully saturated rings. The summed E-state index contributed by atoms with van der Waals surface area (Å²) in [5, 5.41) is 10.1. The number of nitrogens with zero attached hydrogens (tertiary/aromatic N) is 2. The van der Waals surface area contributed by atoms with Crippen molar-refractivity contribution in [1.82, 2.24) is 4.57 Å². The van der Waals surface area contributed by atoms with E-state index in [0.717, 1.165) is 17.1 Å². The van der Waals surface area contributed by atoms with Crippen LogP contribution in [-0.4, -0.2) is 4.57 Å². The largest absolute Gasteiger partial charge is 0.310 e. The lowest BCUT2D eigenvalue weighted by molar-refractivity contribution is 1.19. The van der Waals surface area contributed by atoms with E-state index in [1.165, 1.54) is 91.5 Å². The SMILES string of the molecule is c1ccc2c(-c3ccc(N(c4ccc(-c5ccc(-n6c7ccccc7c7ccc8ccccc8c76)cc5)cc4)c4cccc5sc6ccccc6c45)cc3)cccc2c1. The Labute approximate surface area is 346 Å². The molecule has 0 bridgehead atoms. The molecule has 2 nitrogen and oxygen atoms in total. The Kier molecular flexibility index (Phi) is 7.75. The van der Waals surface area contributed by atoms with Gasteiger partial charge in [0.25, 0.3) is 0 Å². The fraction of sp³-hybridized carbons (Fsp3) is 0. The lowest BCUT2D eigenvalue weighted by Crippen LogP contribution is -2.10. The van der Waals surface area contributed by atoms with Crippen LogP contribution in [0.1, 0.15) is 0 Å². The van der Waals surface area contributed by atoms with Gasteiger partial charge >= 0.3 is 0 Å². The molecule has 0 atom stereocenters. The molecule has 2 heterocycles. The molecule has 0 aliphatic heterocycles. The average molecular weight is 769 g/mol. The van der Waals surface area contributed by atoms with Gasteiger partial charge < -0.3 is 9.47 Å². The molecular formula is C56H36N2S. The van der Waals surface area contributed by atoms with Gasteiger partial charge in [0.2, 0.25) is 0 Å². The molecule has 0 saturated carbocycles. The molecule has 0 saturated heterocycles. The molecule has 0 aliphatic carbocycles. The first-order chi connectivity index (χ1) is 29.3. The monoisotopic (exact) mass is 768 g/mol. The van der Waals surface area contributed by atoms with Gasteiger partial charge in [-0.15, -0.1) is 11.3 Å². The summed E-state index contributed by atoms with van der Waals surface area (Å²) in [5.41, 5.74) is 11.8. The highest BCUT2D eigenvalue weighted by molar-refractivity contribution is 7.26. The van der Waals surface area contributed by atoms with Crippen molar-refractivity contribution >= 4 is 91.9 Å². The minimum atomic E-state index is 1.11. The number of hydrogen-bond acceptors (Lipinski definition) is 2. The minimum absolute atomic E-state index is 1.11. The van der Waals surface area contributed by atoms with Gasteiger partial charge in [-0.25, -0.2) is 0 Å². The quantitative estimate of drug-likeness (QED) is 0.164. The Balaban J connectivity index is 0.953. The number of aromatic nitrogens is 1. The van der Waals surface area contributed by atoms with E-state index in [2.05, 4.69) is 228 Å². The van der Waals surface area contributed by atoms with Crippen LogP contribution in [0.5, 0.6) is 0 Å². The highest BCUT2D eigenvalue weighted by atomic mass is 32.1. The van der Waals surface area contributed by atoms with Gasteiger partial charge in [-0.1, -0.05) is 158 Å². The van der Waals surface area contributed by atoms with Crippen molar-refractivity contribution in [3.63, 3.8) is 0 Å². The van der Waals surface area contributed by atoms with Gasteiger partial charge in [0, 0.05) is 53.4 Å². The first kappa shape index (κ1) is 33.7. The van der Waals surface area contributed by atoms with Gasteiger partial charge in [-0.3, -0.25) is 0 Å². The number of hydrogen-bond donors (Lipinski definition) is 0. The molecule has 10 aromatic carbocycles. The zero-order chi connectivity index (χ0) is 38.9. The molecule has 12 aromatic rings. The Morgan fingerprint density at radius 3 is 1.68 bits per heavy atom. The molecule has 0 spiro atoms. The maximum absolute atomic E-state index is 2.43. The van der Waals surface area contributed by atoms with Crippen LogP contribution in [0.3, 0.4) is 0 Å². The van der Waals surface area contributed by atoms with Crippen molar-refractivity contribution in [3.8, 4) is 27.9 Å². The van der Waals surface area contributed by atoms with Gasteiger partial charge in [-0.05, 0) is 99.1 Å². The first-order valence-corrected chi connectivity index (χ1v) is 21.0. The van der Waals surface area contributed by atoms with E-state index in [-0.39, 0.29) is 0 Å². The van der Waals surface area contributed by atoms with Crippen molar-refractivity contribution in [1.29, 1.82) is 0 Å². The van der Waals surface area contributed by atoms with E-state index in [0.29, 0.717) is 0 Å². The summed E-state index contributed by atoms with van der Waals surface area (Å²) in [6, 6.07) is 79.9. The molecule has 3 heteroatoms. The molecule has 2 aromatic heterocycles. The number of rotatable bonds is 6. The van der Waals surface area contributed by atoms with Crippen molar-refractivity contribution in [3.05, 3.63) is 218 Å². The lowest BCUT2D eigenvalue weighted by atomic mass is 9.98. The van der Waals surface area contributed by atoms with Crippen molar-refractivity contribution < 1.29 is 0 Å². The Bertz CT molecular complexity index is 3530. The van der Waals surface area contributed by atoms with Crippen molar-refractivity contribution in [2.24, 2.45) is 0 Å². The number of fused-ring (bicyclic) bond motifs is 9. The van der Waals surface area contributed by atoms with Gasteiger partial charge in [0.1, 0.15) is 0 Å². The standard InChI is InChI=1S/C56H36N2S/c1-3-14-45-39(11-1)13-9-18-46(45)41-27-34-43(35-28-41)57(52-20-10-22-54-55(52)50-17-6-8-21-53(50)59-54)42-30-23-37(24-31-42)38-25-32-44(33-26-38)58-51-19-7-5-16-48(51)49-36-29-40-12-2-4-15-47(40)56(49)58/h1-36H. The predicted octanol–water partition coefficient (Wildman–Crippen LogP) is 16.3.